The summed E-state index contributed by atoms with van der Waals surface area (Å²) < 4.78 is 1.97. The number of hydrogen-bond acceptors (Lipinski definition) is 4. The van der Waals surface area contributed by atoms with Crippen LogP contribution in [0.1, 0.15) is 40.8 Å². The first-order valence-corrected chi connectivity index (χ1v) is 8.16. The number of aromatic nitrogens is 3. The van der Waals surface area contributed by atoms with Gasteiger partial charge in [-0.1, -0.05) is 12.6 Å². The van der Waals surface area contributed by atoms with Crippen molar-refractivity contribution < 1.29 is 9.59 Å². The van der Waals surface area contributed by atoms with E-state index in [0.717, 1.165) is 24.5 Å². The molecular weight excluding hydrogens is 318 g/mol. The maximum Gasteiger partial charge on any atom is 0.254 e. The van der Waals surface area contributed by atoms with Crippen LogP contribution in [0.5, 0.6) is 0 Å². The zero-order valence-corrected chi connectivity index (χ0v) is 14.4. The summed E-state index contributed by atoms with van der Waals surface area (Å²) in [6.45, 7) is 3.79. The highest BCUT2D eigenvalue weighted by Gasteiger charge is 2.29. The van der Waals surface area contributed by atoms with Gasteiger partial charge in [0, 0.05) is 31.3 Å². The van der Waals surface area contributed by atoms with Crippen LogP contribution in [0.4, 0.5) is 5.69 Å². The molecule has 0 unspecified atom stereocenters. The number of amides is 2. The second kappa shape index (κ2) is 6.88. The molecule has 130 valence electrons. The third kappa shape index (κ3) is 3.76. The molecule has 2 amide bonds. The minimum absolute atomic E-state index is 0.148. The van der Waals surface area contributed by atoms with Gasteiger partial charge in [0.2, 0.25) is 5.91 Å². The van der Waals surface area contributed by atoms with Crippen LogP contribution < -0.4 is 5.32 Å². The summed E-state index contributed by atoms with van der Waals surface area (Å²) in [6, 6.07) is 6.82. The van der Waals surface area contributed by atoms with Gasteiger partial charge in [0.15, 0.2) is 5.82 Å². The Bertz CT molecular complexity index is 823. The van der Waals surface area contributed by atoms with E-state index in [9.17, 15) is 9.59 Å². The van der Waals surface area contributed by atoms with Crippen LogP contribution in [-0.4, -0.2) is 38.5 Å². The molecular formula is C18H21N5O2. The lowest BCUT2D eigenvalue weighted by Gasteiger charge is -2.17. The van der Waals surface area contributed by atoms with Crippen LogP contribution in [0.15, 0.2) is 36.9 Å². The van der Waals surface area contributed by atoms with Crippen LogP contribution >= 0.6 is 0 Å². The molecule has 25 heavy (non-hydrogen) atoms. The summed E-state index contributed by atoms with van der Waals surface area (Å²) in [5.41, 5.74) is 1.05. The molecule has 1 aliphatic carbocycles. The SMILES string of the molecule is C=CC(=O)Nc1cccc(C(=O)N(C)Cc2nnc(C3CC3)n2C)c1. The molecule has 1 N–H and O–H groups in total. The summed E-state index contributed by atoms with van der Waals surface area (Å²) in [4.78, 5) is 25.6. The van der Waals surface area contributed by atoms with Crippen molar-refractivity contribution in [3.8, 4) is 0 Å². The van der Waals surface area contributed by atoms with E-state index in [1.807, 2.05) is 11.6 Å². The molecule has 3 rings (SSSR count). The molecule has 2 aromatic rings. The Kier molecular flexibility index (Phi) is 4.65. The quantitative estimate of drug-likeness (QED) is 0.817. The summed E-state index contributed by atoms with van der Waals surface area (Å²) in [5, 5.41) is 11.1. The highest BCUT2D eigenvalue weighted by atomic mass is 16.2. The van der Waals surface area contributed by atoms with Gasteiger partial charge in [-0.05, 0) is 37.1 Å². The van der Waals surface area contributed by atoms with Gasteiger partial charge in [0.05, 0.1) is 6.54 Å². The van der Waals surface area contributed by atoms with Gasteiger partial charge >= 0.3 is 0 Å². The Hall–Kier alpha value is -2.96. The van der Waals surface area contributed by atoms with E-state index >= 15 is 0 Å². The number of nitrogens with one attached hydrogen (secondary N) is 1. The molecule has 1 aromatic carbocycles. The Morgan fingerprint density at radius 3 is 2.84 bits per heavy atom. The highest BCUT2D eigenvalue weighted by Crippen LogP contribution is 2.38. The molecule has 0 aliphatic heterocycles. The van der Waals surface area contributed by atoms with Gasteiger partial charge in [-0.25, -0.2) is 0 Å². The van der Waals surface area contributed by atoms with Crippen LogP contribution in [0.2, 0.25) is 0 Å². The number of carbonyl (C=O) groups is 2. The molecule has 7 nitrogen and oxygen atoms in total. The molecule has 0 spiro atoms. The van der Waals surface area contributed by atoms with Crippen molar-refractivity contribution in [2.75, 3.05) is 12.4 Å². The Balaban J connectivity index is 1.70. The third-order valence-electron chi connectivity index (χ3n) is 4.23. The van der Waals surface area contributed by atoms with Crippen molar-refractivity contribution in [2.24, 2.45) is 7.05 Å². The topological polar surface area (TPSA) is 80.1 Å². The van der Waals surface area contributed by atoms with Crippen molar-refractivity contribution in [3.05, 3.63) is 54.1 Å². The second-order valence-electron chi connectivity index (χ2n) is 6.24. The highest BCUT2D eigenvalue weighted by molar-refractivity contribution is 6.00. The number of hydrogen-bond donors (Lipinski definition) is 1. The molecule has 1 saturated carbocycles. The molecule has 1 fully saturated rings. The fourth-order valence-electron chi connectivity index (χ4n) is 2.64. The van der Waals surface area contributed by atoms with Gasteiger partial charge in [0.25, 0.3) is 5.91 Å². The normalized spacial score (nSPS) is 13.4. The maximum absolute atomic E-state index is 12.7. The van der Waals surface area contributed by atoms with Crippen LogP contribution in [0.3, 0.4) is 0 Å². The average Bonchev–Trinajstić information content (AvgIpc) is 3.39. The molecule has 0 radical (unpaired) electrons. The van der Waals surface area contributed by atoms with Gasteiger partial charge < -0.3 is 14.8 Å². The van der Waals surface area contributed by atoms with Gasteiger partial charge in [-0.3, -0.25) is 9.59 Å². The van der Waals surface area contributed by atoms with Crippen molar-refractivity contribution in [1.82, 2.24) is 19.7 Å². The number of benzene rings is 1. The zero-order chi connectivity index (χ0) is 18.0. The summed E-state index contributed by atoms with van der Waals surface area (Å²) >= 11 is 0. The number of nitrogens with zero attached hydrogens (tertiary/aromatic N) is 4. The average molecular weight is 339 g/mol. The molecule has 0 atom stereocenters. The lowest BCUT2D eigenvalue weighted by molar-refractivity contribution is -0.111. The Labute approximate surface area is 146 Å². The first-order chi connectivity index (χ1) is 12.0. The molecule has 0 saturated heterocycles. The van der Waals surface area contributed by atoms with Crippen molar-refractivity contribution in [2.45, 2.75) is 25.3 Å². The molecule has 0 bridgehead atoms. The fraction of sp³-hybridized carbons (Fsp3) is 0.333. The Morgan fingerprint density at radius 1 is 1.40 bits per heavy atom. The molecule has 1 aromatic heterocycles. The predicted molar refractivity (Wildman–Crippen MR) is 94.0 cm³/mol. The van der Waals surface area contributed by atoms with E-state index in [2.05, 4.69) is 22.1 Å². The van der Waals surface area contributed by atoms with Crippen LogP contribution in [0, 0.1) is 0 Å². The van der Waals surface area contributed by atoms with E-state index in [1.54, 1.807) is 36.2 Å². The summed E-state index contributed by atoms with van der Waals surface area (Å²) in [7, 11) is 3.66. The largest absolute Gasteiger partial charge is 0.334 e. The van der Waals surface area contributed by atoms with Crippen LogP contribution in [0.25, 0.3) is 0 Å². The standard InChI is InChI=1S/C18H21N5O2/c1-4-16(24)19-14-7-5-6-13(10-14)18(25)22(2)11-15-20-21-17(23(15)3)12-8-9-12/h4-7,10,12H,1,8-9,11H2,2-3H3,(H,19,24). The summed E-state index contributed by atoms with van der Waals surface area (Å²) in [6.07, 6.45) is 3.50. The number of anilines is 1. The first kappa shape index (κ1) is 16.9. The number of rotatable bonds is 6. The fourth-order valence-corrected chi connectivity index (χ4v) is 2.64. The summed E-state index contributed by atoms with van der Waals surface area (Å²) in [5.74, 6) is 1.80. The van der Waals surface area contributed by atoms with E-state index < -0.39 is 0 Å². The van der Waals surface area contributed by atoms with E-state index in [-0.39, 0.29) is 11.8 Å². The van der Waals surface area contributed by atoms with Gasteiger partial charge in [0.1, 0.15) is 5.82 Å². The van der Waals surface area contributed by atoms with E-state index in [1.165, 1.54) is 6.08 Å². The van der Waals surface area contributed by atoms with Crippen molar-refractivity contribution >= 4 is 17.5 Å². The van der Waals surface area contributed by atoms with Crippen molar-refractivity contribution in [3.63, 3.8) is 0 Å². The second-order valence-corrected chi connectivity index (χ2v) is 6.24. The maximum atomic E-state index is 12.7. The third-order valence-corrected chi connectivity index (χ3v) is 4.23. The van der Waals surface area contributed by atoms with E-state index in [0.29, 0.717) is 23.7 Å². The van der Waals surface area contributed by atoms with Crippen LogP contribution in [-0.2, 0) is 18.4 Å². The van der Waals surface area contributed by atoms with Crippen molar-refractivity contribution in [1.29, 1.82) is 0 Å². The zero-order valence-electron chi connectivity index (χ0n) is 14.4. The molecule has 1 aliphatic rings. The minimum Gasteiger partial charge on any atom is -0.334 e. The lowest BCUT2D eigenvalue weighted by Crippen LogP contribution is -2.27. The smallest absolute Gasteiger partial charge is 0.254 e. The molecule has 1 heterocycles. The molecule has 7 heteroatoms. The predicted octanol–water partition coefficient (Wildman–Crippen LogP) is 2.09. The monoisotopic (exact) mass is 339 g/mol. The minimum atomic E-state index is -0.315. The van der Waals surface area contributed by atoms with E-state index in [4.69, 9.17) is 0 Å². The number of carbonyl (C=O) groups excluding carboxylic acids is 2. The van der Waals surface area contributed by atoms with Gasteiger partial charge in [-0.15, -0.1) is 10.2 Å². The Morgan fingerprint density at radius 2 is 2.16 bits per heavy atom. The van der Waals surface area contributed by atoms with Gasteiger partial charge in [-0.2, -0.15) is 0 Å². The lowest BCUT2D eigenvalue weighted by atomic mass is 10.1. The first-order valence-electron chi connectivity index (χ1n) is 8.16.